The monoisotopic (exact) mass is 373 g/mol. The van der Waals surface area contributed by atoms with E-state index in [9.17, 15) is 4.79 Å². The summed E-state index contributed by atoms with van der Waals surface area (Å²) >= 11 is 3.44. The van der Waals surface area contributed by atoms with Crippen LogP contribution in [-0.4, -0.2) is 28.9 Å². The highest BCUT2D eigenvalue weighted by Crippen LogP contribution is 2.17. The summed E-state index contributed by atoms with van der Waals surface area (Å²) < 4.78 is 8.16. The van der Waals surface area contributed by atoms with Crippen molar-refractivity contribution in [2.45, 2.75) is 6.42 Å². The number of aromatic nitrogens is 2. The summed E-state index contributed by atoms with van der Waals surface area (Å²) in [7, 11) is 1.56. The first-order chi connectivity index (χ1) is 11.2. The number of fused-ring (bicyclic) bond motifs is 1. The van der Waals surface area contributed by atoms with Crippen LogP contribution in [0.3, 0.4) is 0 Å². The molecule has 1 amide bonds. The van der Waals surface area contributed by atoms with Crippen LogP contribution in [-0.2, 0) is 6.42 Å². The second-order valence-corrected chi connectivity index (χ2v) is 5.97. The molecule has 1 N–H and O–H groups in total. The van der Waals surface area contributed by atoms with E-state index < -0.39 is 0 Å². The Morgan fingerprint density at radius 1 is 1.26 bits per heavy atom. The van der Waals surface area contributed by atoms with Crippen LogP contribution in [0.1, 0.15) is 16.1 Å². The zero-order valence-electron chi connectivity index (χ0n) is 12.6. The Hall–Kier alpha value is -2.34. The summed E-state index contributed by atoms with van der Waals surface area (Å²) in [6.07, 6.45) is 4.59. The second-order valence-electron chi connectivity index (χ2n) is 5.05. The number of hydrogen-bond donors (Lipinski definition) is 1. The highest BCUT2D eigenvalue weighted by molar-refractivity contribution is 9.10. The molecule has 118 valence electrons. The zero-order valence-corrected chi connectivity index (χ0v) is 14.2. The Morgan fingerprint density at radius 3 is 2.91 bits per heavy atom. The van der Waals surface area contributed by atoms with Crippen LogP contribution in [0.2, 0.25) is 0 Å². The number of ether oxygens (including phenoxy) is 1. The fraction of sp³-hybridized carbons (Fsp3) is 0.176. The number of carbonyl (C=O) groups is 1. The molecule has 0 atom stereocenters. The average Bonchev–Trinajstić information content (AvgIpc) is 2.96. The summed E-state index contributed by atoms with van der Waals surface area (Å²) in [6, 6.07) is 11.1. The molecule has 0 bridgehead atoms. The largest absolute Gasteiger partial charge is 0.496 e. The number of imidazole rings is 1. The molecule has 6 heteroatoms. The summed E-state index contributed by atoms with van der Waals surface area (Å²) in [6.45, 7) is 0.516. The van der Waals surface area contributed by atoms with Crippen molar-refractivity contribution >= 4 is 27.5 Å². The molecule has 3 aromatic rings. The maximum atomic E-state index is 12.2. The molecule has 23 heavy (non-hydrogen) atoms. The maximum absolute atomic E-state index is 12.2. The quantitative estimate of drug-likeness (QED) is 0.747. The smallest absolute Gasteiger partial charge is 0.255 e. The van der Waals surface area contributed by atoms with E-state index >= 15 is 0 Å². The first kappa shape index (κ1) is 15.6. The van der Waals surface area contributed by atoms with Gasteiger partial charge in [0.15, 0.2) is 0 Å². The molecule has 2 heterocycles. The number of methoxy groups -OCH3 is 1. The number of halogens is 1. The Bertz CT molecular complexity index is 845. The summed E-state index contributed by atoms with van der Waals surface area (Å²) in [5.41, 5.74) is 2.36. The summed E-state index contributed by atoms with van der Waals surface area (Å²) in [5, 5.41) is 2.90. The average molecular weight is 374 g/mol. The number of pyridine rings is 1. The van der Waals surface area contributed by atoms with Gasteiger partial charge < -0.3 is 14.5 Å². The lowest BCUT2D eigenvalue weighted by Crippen LogP contribution is -2.26. The number of carbonyl (C=O) groups excluding carboxylic acids is 1. The lowest BCUT2D eigenvalue weighted by Gasteiger charge is -2.08. The lowest BCUT2D eigenvalue weighted by atomic mass is 10.2. The second kappa shape index (κ2) is 6.83. The maximum Gasteiger partial charge on any atom is 0.255 e. The van der Waals surface area contributed by atoms with Crippen molar-refractivity contribution in [3.8, 4) is 5.75 Å². The van der Waals surface area contributed by atoms with E-state index in [1.807, 2.05) is 41.1 Å². The van der Waals surface area contributed by atoms with Gasteiger partial charge in [-0.05, 0) is 40.2 Å². The van der Waals surface area contributed by atoms with Gasteiger partial charge in [-0.3, -0.25) is 4.79 Å². The normalized spacial score (nSPS) is 10.7. The first-order valence-corrected chi connectivity index (χ1v) is 8.01. The molecule has 0 aliphatic rings. The number of rotatable bonds is 5. The van der Waals surface area contributed by atoms with Gasteiger partial charge in [-0.2, -0.15) is 0 Å². The molecule has 2 aromatic heterocycles. The molecule has 0 aliphatic carbocycles. The van der Waals surface area contributed by atoms with Gasteiger partial charge >= 0.3 is 0 Å². The number of nitrogens with one attached hydrogen (secondary N) is 1. The van der Waals surface area contributed by atoms with Gasteiger partial charge in [0, 0.05) is 29.8 Å². The van der Waals surface area contributed by atoms with Crippen molar-refractivity contribution in [3.05, 3.63) is 64.5 Å². The van der Waals surface area contributed by atoms with Crippen LogP contribution in [0.25, 0.3) is 5.65 Å². The molecule has 0 radical (unpaired) electrons. The van der Waals surface area contributed by atoms with Gasteiger partial charge in [0.2, 0.25) is 0 Å². The van der Waals surface area contributed by atoms with E-state index in [0.29, 0.717) is 24.3 Å². The fourth-order valence-electron chi connectivity index (χ4n) is 2.37. The number of benzene rings is 1. The predicted octanol–water partition coefficient (Wildman–Crippen LogP) is 3.08. The van der Waals surface area contributed by atoms with Crippen LogP contribution in [0.4, 0.5) is 0 Å². The SMILES string of the molecule is COc1ccccc1C(=O)NCCc1cn2cc(Br)ccc2n1. The molecule has 0 saturated heterocycles. The van der Waals surface area contributed by atoms with Crippen LogP contribution < -0.4 is 10.1 Å². The third kappa shape index (κ3) is 3.53. The van der Waals surface area contributed by atoms with Gasteiger partial charge in [0.25, 0.3) is 5.91 Å². The molecule has 0 saturated carbocycles. The standard InChI is InChI=1S/C17H16BrN3O2/c1-23-15-5-3-2-4-14(15)17(22)19-9-8-13-11-21-10-12(18)6-7-16(21)20-13/h2-7,10-11H,8-9H2,1H3,(H,19,22). The fourth-order valence-corrected chi connectivity index (χ4v) is 2.72. The topological polar surface area (TPSA) is 55.6 Å². The third-order valence-corrected chi connectivity index (χ3v) is 3.95. The van der Waals surface area contributed by atoms with Crippen molar-refractivity contribution in [2.24, 2.45) is 0 Å². The van der Waals surface area contributed by atoms with Gasteiger partial charge in [0.1, 0.15) is 11.4 Å². The van der Waals surface area contributed by atoms with Gasteiger partial charge in [0.05, 0.1) is 18.4 Å². The Balaban J connectivity index is 1.63. The molecule has 0 aliphatic heterocycles. The van der Waals surface area contributed by atoms with Crippen LogP contribution in [0, 0.1) is 0 Å². The summed E-state index contributed by atoms with van der Waals surface area (Å²) in [5.74, 6) is 0.427. The molecule has 1 aromatic carbocycles. The number of hydrogen-bond acceptors (Lipinski definition) is 3. The van der Waals surface area contributed by atoms with Crippen LogP contribution >= 0.6 is 15.9 Å². The molecule has 0 unspecified atom stereocenters. The van der Waals surface area contributed by atoms with Crippen molar-refractivity contribution in [2.75, 3.05) is 13.7 Å². The minimum Gasteiger partial charge on any atom is -0.496 e. The minimum absolute atomic E-state index is 0.144. The first-order valence-electron chi connectivity index (χ1n) is 7.22. The van der Waals surface area contributed by atoms with E-state index in [-0.39, 0.29) is 5.91 Å². The third-order valence-electron chi connectivity index (χ3n) is 3.48. The van der Waals surface area contributed by atoms with Gasteiger partial charge in [-0.25, -0.2) is 4.98 Å². The van der Waals surface area contributed by atoms with E-state index in [2.05, 4.69) is 26.2 Å². The van der Waals surface area contributed by atoms with E-state index in [4.69, 9.17) is 4.74 Å². The number of amides is 1. The minimum atomic E-state index is -0.144. The highest BCUT2D eigenvalue weighted by atomic mass is 79.9. The highest BCUT2D eigenvalue weighted by Gasteiger charge is 2.11. The molecular weight excluding hydrogens is 358 g/mol. The zero-order chi connectivity index (χ0) is 16.2. The Morgan fingerprint density at radius 2 is 2.09 bits per heavy atom. The van der Waals surface area contributed by atoms with E-state index in [1.54, 1.807) is 19.2 Å². The van der Waals surface area contributed by atoms with E-state index in [0.717, 1.165) is 15.8 Å². The van der Waals surface area contributed by atoms with Crippen molar-refractivity contribution in [1.29, 1.82) is 0 Å². The lowest BCUT2D eigenvalue weighted by molar-refractivity contribution is 0.0951. The number of nitrogens with zero attached hydrogens (tertiary/aromatic N) is 2. The molecule has 3 rings (SSSR count). The Labute approximate surface area is 142 Å². The van der Waals surface area contributed by atoms with E-state index in [1.165, 1.54) is 0 Å². The molecule has 0 fully saturated rings. The molecule has 0 spiro atoms. The predicted molar refractivity (Wildman–Crippen MR) is 91.9 cm³/mol. The van der Waals surface area contributed by atoms with Crippen LogP contribution in [0.15, 0.2) is 53.3 Å². The summed E-state index contributed by atoms with van der Waals surface area (Å²) in [4.78, 5) is 16.7. The van der Waals surface area contributed by atoms with Crippen molar-refractivity contribution in [1.82, 2.24) is 14.7 Å². The molecular formula is C17H16BrN3O2. The molecule has 5 nitrogen and oxygen atoms in total. The van der Waals surface area contributed by atoms with Gasteiger partial charge in [-0.15, -0.1) is 0 Å². The van der Waals surface area contributed by atoms with Gasteiger partial charge in [-0.1, -0.05) is 12.1 Å². The van der Waals surface area contributed by atoms with Crippen LogP contribution in [0.5, 0.6) is 5.75 Å². The van der Waals surface area contributed by atoms with Crippen molar-refractivity contribution < 1.29 is 9.53 Å². The van der Waals surface area contributed by atoms with Crippen molar-refractivity contribution in [3.63, 3.8) is 0 Å². The number of para-hydroxylation sites is 1. The Kier molecular flexibility index (Phi) is 4.62.